The van der Waals surface area contributed by atoms with Crippen molar-refractivity contribution >= 4 is 66.0 Å². The van der Waals surface area contributed by atoms with Crippen molar-refractivity contribution in [3.63, 3.8) is 0 Å². The zero-order valence-electron chi connectivity index (χ0n) is 28.9. The zero-order chi connectivity index (χ0) is 33.6. The summed E-state index contributed by atoms with van der Waals surface area (Å²) in [6.07, 6.45) is 0. The van der Waals surface area contributed by atoms with E-state index in [-0.39, 0.29) is 10.8 Å². The van der Waals surface area contributed by atoms with E-state index in [4.69, 9.17) is 0 Å². The first-order valence-electron chi connectivity index (χ1n) is 16.0. The smallest absolute Gasteiger partial charge is 0.0520 e. The second-order valence-electron chi connectivity index (χ2n) is 14.6. The van der Waals surface area contributed by atoms with Gasteiger partial charge in [-0.1, -0.05) is 97.7 Å². The molecule has 238 valence electrons. The molecule has 4 heteroatoms. The molecule has 2 nitrogen and oxygen atoms in total. The zero-order valence-corrected chi connectivity index (χ0v) is 32.1. The highest BCUT2D eigenvalue weighted by atomic mass is 79.9. The maximum atomic E-state index is 3.61. The van der Waals surface area contributed by atoms with Gasteiger partial charge in [-0.05, 0) is 145 Å². The van der Waals surface area contributed by atoms with Crippen LogP contribution in [0.3, 0.4) is 0 Å². The maximum absolute atomic E-state index is 3.61. The van der Waals surface area contributed by atoms with Crippen LogP contribution in [0.15, 0.2) is 106 Å². The predicted molar refractivity (Wildman–Crippen MR) is 208 cm³/mol. The Balaban J connectivity index is 1.70. The van der Waals surface area contributed by atoms with Crippen LogP contribution in [0.25, 0.3) is 0 Å². The van der Waals surface area contributed by atoms with Gasteiger partial charge in [0, 0.05) is 31.7 Å². The molecule has 0 aromatic heterocycles. The van der Waals surface area contributed by atoms with Crippen molar-refractivity contribution in [1.82, 2.24) is 0 Å². The fraction of sp³-hybridized carbons (Fsp3) is 0.286. The predicted octanol–water partition coefficient (Wildman–Crippen LogP) is 14.0. The Morgan fingerprint density at radius 1 is 0.391 bits per heavy atom. The van der Waals surface area contributed by atoms with Crippen molar-refractivity contribution in [1.29, 1.82) is 0 Å². The lowest BCUT2D eigenvalue weighted by molar-refractivity contribution is 0.589. The first-order chi connectivity index (χ1) is 21.5. The first kappa shape index (κ1) is 34.0. The SMILES string of the molecule is Cc1cc(C(C)(C)C)cc(C)c1N(c1ccc(N(c2ccc(Br)cc2)c2ccc(Br)cc2)cc1)c1c(C)cc(C(C)(C)C)cc1C. The minimum atomic E-state index is 0.0736. The summed E-state index contributed by atoms with van der Waals surface area (Å²) in [5.41, 5.74) is 14.9. The van der Waals surface area contributed by atoms with Crippen molar-refractivity contribution in [2.24, 2.45) is 0 Å². The number of anilines is 6. The number of benzene rings is 5. The van der Waals surface area contributed by atoms with E-state index in [1.807, 2.05) is 0 Å². The Bertz CT molecular complexity index is 1680. The minimum Gasteiger partial charge on any atom is -0.311 e. The molecule has 46 heavy (non-hydrogen) atoms. The fourth-order valence-electron chi connectivity index (χ4n) is 6.23. The molecular formula is C42H46Br2N2. The Labute approximate surface area is 293 Å². The van der Waals surface area contributed by atoms with Gasteiger partial charge in [-0.2, -0.15) is 0 Å². The molecule has 0 fully saturated rings. The Hall–Kier alpha value is -3.34. The lowest BCUT2D eigenvalue weighted by Gasteiger charge is -2.34. The van der Waals surface area contributed by atoms with E-state index in [1.54, 1.807) is 0 Å². The van der Waals surface area contributed by atoms with Crippen LogP contribution < -0.4 is 9.80 Å². The molecule has 0 atom stereocenters. The van der Waals surface area contributed by atoms with Gasteiger partial charge >= 0.3 is 0 Å². The second-order valence-corrected chi connectivity index (χ2v) is 16.4. The van der Waals surface area contributed by atoms with Gasteiger partial charge in [0.2, 0.25) is 0 Å². The lowest BCUT2D eigenvalue weighted by Crippen LogP contribution is -2.19. The molecule has 5 aromatic carbocycles. The van der Waals surface area contributed by atoms with Crippen molar-refractivity contribution in [2.45, 2.75) is 80.1 Å². The van der Waals surface area contributed by atoms with Gasteiger partial charge in [0.1, 0.15) is 0 Å². The van der Waals surface area contributed by atoms with Crippen molar-refractivity contribution in [3.8, 4) is 0 Å². The highest BCUT2D eigenvalue weighted by Gasteiger charge is 2.25. The number of hydrogen-bond acceptors (Lipinski definition) is 2. The van der Waals surface area contributed by atoms with Crippen LogP contribution >= 0.6 is 31.9 Å². The Morgan fingerprint density at radius 2 is 0.630 bits per heavy atom. The van der Waals surface area contributed by atoms with Crippen LogP contribution in [-0.4, -0.2) is 0 Å². The standard InChI is InChI=1S/C42H46Br2N2/c1-27-23-31(41(5,6)7)24-28(2)39(27)46(40-29(3)25-32(26-30(40)4)42(8,9)10)38-21-19-37(20-22-38)45(35-15-11-33(43)12-16-35)36-17-13-34(44)14-18-36/h11-26H,1-10H3. The summed E-state index contributed by atoms with van der Waals surface area (Å²) < 4.78 is 2.12. The molecule has 0 amide bonds. The first-order valence-corrected chi connectivity index (χ1v) is 17.6. The van der Waals surface area contributed by atoms with E-state index < -0.39 is 0 Å². The molecule has 0 heterocycles. The summed E-state index contributed by atoms with van der Waals surface area (Å²) in [4.78, 5) is 4.79. The number of halogens is 2. The summed E-state index contributed by atoms with van der Waals surface area (Å²) in [7, 11) is 0. The number of nitrogens with zero attached hydrogens (tertiary/aromatic N) is 2. The minimum absolute atomic E-state index is 0.0736. The number of rotatable bonds is 6. The van der Waals surface area contributed by atoms with Crippen LogP contribution in [0.1, 0.15) is 74.9 Å². The number of hydrogen-bond donors (Lipinski definition) is 0. The summed E-state index contributed by atoms with van der Waals surface area (Å²) >= 11 is 7.22. The summed E-state index contributed by atoms with van der Waals surface area (Å²) in [6.45, 7) is 22.8. The van der Waals surface area contributed by atoms with Gasteiger partial charge in [0.25, 0.3) is 0 Å². The van der Waals surface area contributed by atoms with Gasteiger partial charge in [0.05, 0.1) is 11.4 Å². The fourth-order valence-corrected chi connectivity index (χ4v) is 6.76. The molecule has 0 aliphatic carbocycles. The van der Waals surface area contributed by atoms with Crippen LogP contribution in [0.5, 0.6) is 0 Å². The van der Waals surface area contributed by atoms with Gasteiger partial charge in [-0.3, -0.25) is 0 Å². The van der Waals surface area contributed by atoms with Crippen molar-refractivity contribution < 1.29 is 0 Å². The molecule has 0 unspecified atom stereocenters. The summed E-state index contributed by atoms with van der Waals surface area (Å²) in [6, 6.07) is 35.5. The number of aryl methyl sites for hydroxylation is 4. The topological polar surface area (TPSA) is 6.48 Å². The lowest BCUT2D eigenvalue weighted by atomic mass is 9.83. The van der Waals surface area contributed by atoms with Crippen LogP contribution in [0.2, 0.25) is 0 Å². The normalized spacial score (nSPS) is 11.9. The molecule has 5 aromatic rings. The van der Waals surface area contributed by atoms with E-state index in [1.165, 1.54) is 44.8 Å². The molecule has 0 radical (unpaired) electrons. The van der Waals surface area contributed by atoms with Crippen LogP contribution in [0.4, 0.5) is 34.1 Å². The molecule has 0 N–H and O–H groups in total. The largest absolute Gasteiger partial charge is 0.311 e. The highest BCUT2D eigenvalue weighted by molar-refractivity contribution is 9.10. The second kappa shape index (κ2) is 13.0. The molecule has 0 spiro atoms. The van der Waals surface area contributed by atoms with E-state index in [0.717, 1.165) is 31.7 Å². The van der Waals surface area contributed by atoms with Crippen molar-refractivity contribution in [3.05, 3.63) is 139 Å². The Kier molecular flexibility index (Phi) is 9.64. The molecule has 0 saturated carbocycles. The van der Waals surface area contributed by atoms with E-state index in [2.05, 4.69) is 208 Å². The average molecular weight is 739 g/mol. The van der Waals surface area contributed by atoms with Crippen LogP contribution in [-0.2, 0) is 10.8 Å². The molecule has 0 saturated heterocycles. The third-order valence-corrected chi connectivity index (χ3v) is 9.75. The van der Waals surface area contributed by atoms with E-state index in [9.17, 15) is 0 Å². The van der Waals surface area contributed by atoms with Gasteiger partial charge in [-0.25, -0.2) is 0 Å². The maximum Gasteiger partial charge on any atom is 0.0520 e. The molecule has 5 rings (SSSR count). The molecule has 0 aliphatic rings. The van der Waals surface area contributed by atoms with Gasteiger partial charge < -0.3 is 9.80 Å². The average Bonchev–Trinajstić information content (AvgIpc) is 2.97. The summed E-state index contributed by atoms with van der Waals surface area (Å²) in [5.74, 6) is 0. The van der Waals surface area contributed by atoms with Crippen LogP contribution in [0, 0.1) is 27.7 Å². The molecular weight excluding hydrogens is 692 g/mol. The highest BCUT2D eigenvalue weighted by Crippen LogP contribution is 2.45. The monoisotopic (exact) mass is 736 g/mol. The van der Waals surface area contributed by atoms with E-state index >= 15 is 0 Å². The van der Waals surface area contributed by atoms with Crippen molar-refractivity contribution in [2.75, 3.05) is 9.80 Å². The quantitative estimate of drug-likeness (QED) is 0.171. The third-order valence-electron chi connectivity index (χ3n) is 8.70. The molecule has 0 bridgehead atoms. The third kappa shape index (κ3) is 7.14. The molecule has 0 aliphatic heterocycles. The summed E-state index contributed by atoms with van der Waals surface area (Å²) in [5, 5.41) is 0. The van der Waals surface area contributed by atoms with E-state index in [0.29, 0.717) is 0 Å². The Morgan fingerprint density at radius 3 is 0.891 bits per heavy atom. The van der Waals surface area contributed by atoms with Gasteiger partial charge in [0.15, 0.2) is 0 Å². The van der Waals surface area contributed by atoms with Gasteiger partial charge in [-0.15, -0.1) is 0 Å².